The van der Waals surface area contributed by atoms with Crippen LogP contribution in [0.4, 0.5) is 0 Å². The molecule has 0 aliphatic rings. The minimum Gasteiger partial charge on any atom is -0.390 e. The van der Waals surface area contributed by atoms with Crippen molar-refractivity contribution in [2.45, 2.75) is 45.1 Å². The summed E-state index contributed by atoms with van der Waals surface area (Å²) < 4.78 is 0. The van der Waals surface area contributed by atoms with Crippen LogP contribution in [0.2, 0.25) is 0 Å². The molecule has 0 atom stereocenters. The molecule has 0 unspecified atom stereocenters. The van der Waals surface area contributed by atoms with Crippen LogP contribution in [0.15, 0.2) is 54.6 Å². The second kappa shape index (κ2) is 7.95. The van der Waals surface area contributed by atoms with Gasteiger partial charge in [-0.1, -0.05) is 73.2 Å². The lowest BCUT2D eigenvalue weighted by atomic mass is 9.99. The summed E-state index contributed by atoms with van der Waals surface area (Å²) in [5, 5.41) is 9.70. The van der Waals surface area contributed by atoms with Crippen molar-refractivity contribution in [2.24, 2.45) is 0 Å². The van der Waals surface area contributed by atoms with Gasteiger partial charge in [0.2, 0.25) is 0 Å². The average Bonchev–Trinajstić information content (AvgIpc) is 2.51. The van der Waals surface area contributed by atoms with E-state index in [2.05, 4.69) is 60.7 Å². The van der Waals surface area contributed by atoms with Crippen LogP contribution in [-0.2, 0) is 6.42 Å². The van der Waals surface area contributed by atoms with E-state index in [4.69, 9.17) is 0 Å². The number of rotatable bonds is 7. The lowest BCUT2D eigenvalue weighted by molar-refractivity contribution is 0.0682. The molecule has 0 radical (unpaired) electrons. The Hall–Kier alpha value is -1.86. The monoisotopic (exact) mass is 294 g/mol. The summed E-state index contributed by atoms with van der Waals surface area (Å²) in [4.78, 5) is 0. The van der Waals surface area contributed by atoms with Crippen molar-refractivity contribution >= 4 is 12.2 Å². The first-order valence-corrected chi connectivity index (χ1v) is 8.07. The van der Waals surface area contributed by atoms with Crippen LogP contribution in [-0.4, -0.2) is 10.7 Å². The van der Waals surface area contributed by atoms with Crippen molar-refractivity contribution in [3.05, 3.63) is 71.3 Å². The molecule has 0 amide bonds. The highest BCUT2D eigenvalue weighted by atomic mass is 16.3. The highest BCUT2D eigenvalue weighted by Gasteiger charge is 2.10. The Bertz CT molecular complexity index is 574. The Morgan fingerprint density at radius 1 is 0.818 bits per heavy atom. The predicted octanol–water partition coefficient (Wildman–Crippen LogP) is 5.34. The fraction of sp³-hybridized carbons (Fsp3) is 0.333. The molecular weight excluding hydrogens is 268 g/mol. The summed E-state index contributed by atoms with van der Waals surface area (Å²) in [6.45, 7) is 3.75. The molecule has 22 heavy (non-hydrogen) atoms. The number of benzene rings is 2. The van der Waals surface area contributed by atoms with E-state index in [0.29, 0.717) is 0 Å². The van der Waals surface area contributed by atoms with Crippen molar-refractivity contribution in [1.82, 2.24) is 0 Å². The molecule has 2 aromatic rings. The first-order chi connectivity index (χ1) is 10.5. The summed E-state index contributed by atoms with van der Waals surface area (Å²) in [6.07, 6.45) is 8.43. The van der Waals surface area contributed by atoms with Crippen molar-refractivity contribution in [2.75, 3.05) is 0 Å². The Morgan fingerprint density at radius 2 is 1.41 bits per heavy atom. The maximum absolute atomic E-state index is 9.70. The molecule has 0 heterocycles. The summed E-state index contributed by atoms with van der Waals surface area (Å²) in [6, 6.07) is 19.1. The molecule has 0 aliphatic heterocycles. The first-order valence-electron chi connectivity index (χ1n) is 8.07. The van der Waals surface area contributed by atoms with Gasteiger partial charge in [0.15, 0.2) is 0 Å². The molecule has 116 valence electrons. The highest BCUT2D eigenvalue weighted by molar-refractivity contribution is 5.69. The van der Waals surface area contributed by atoms with Gasteiger partial charge in [0.25, 0.3) is 0 Å². The molecule has 0 fully saturated rings. The van der Waals surface area contributed by atoms with Crippen LogP contribution in [0.1, 0.15) is 49.8 Å². The zero-order chi connectivity index (χ0) is 15.8. The number of aliphatic hydroxyl groups is 1. The van der Waals surface area contributed by atoms with Crippen LogP contribution in [0.25, 0.3) is 12.2 Å². The summed E-state index contributed by atoms with van der Waals surface area (Å²) in [5.41, 5.74) is 3.28. The number of hydrogen-bond donors (Lipinski definition) is 1. The van der Waals surface area contributed by atoms with E-state index >= 15 is 0 Å². The highest BCUT2D eigenvalue weighted by Crippen LogP contribution is 2.15. The van der Waals surface area contributed by atoms with Gasteiger partial charge in [-0.05, 0) is 49.8 Å². The second-order valence-corrected chi connectivity index (χ2v) is 6.51. The average molecular weight is 294 g/mol. The van der Waals surface area contributed by atoms with Gasteiger partial charge in [0.1, 0.15) is 0 Å². The maximum atomic E-state index is 9.70. The number of unbranched alkanes of at least 4 members (excludes halogenated alkanes) is 1. The Morgan fingerprint density at radius 3 is 2.00 bits per heavy atom. The summed E-state index contributed by atoms with van der Waals surface area (Å²) in [5.74, 6) is 0. The normalized spacial score (nSPS) is 12.0. The standard InChI is InChI=1S/C21H26O/c1-21(2,22)17-7-6-10-19-12-15-20(16-13-19)14-11-18-8-4-3-5-9-18/h3-5,8-9,11-16,22H,6-7,10,17H2,1-2H3. The first kappa shape index (κ1) is 16.5. The van der Waals surface area contributed by atoms with E-state index in [9.17, 15) is 5.11 Å². The van der Waals surface area contributed by atoms with E-state index in [0.717, 1.165) is 25.7 Å². The third kappa shape index (κ3) is 6.28. The minimum atomic E-state index is -0.536. The van der Waals surface area contributed by atoms with Crippen molar-refractivity contribution in [1.29, 1.82) is 0 Å². The minimum absolute atomic E-state index is 0.536. The Kier molecular flexibility index (Phi) is 5.97. The molecule has 1 N–H and O–H groups in total. The van der Waals surface area contributed by atoms with E-state index < -0.39 is 5.60 Å². The van der Waals surface area contributed by atoms with Gasteiger partial charge < -0.3 is 5.11 Å². The lowest BCUT2D eigenvalue weighted by Crippen LogP contribution is -2.17. The quantitative estimate of drug-likeness (QED) is 0.540. The fourth-order valence-electron chi connectivity index (χ4n) is 2.44. The summed E-state index contributed by atoms with van der Waals surface area (Å²) >= 11 is 0. The van der Waals surface area contributed by atoms with Crippen LogP contribution in [0.3, 0.4) is 0 Å². The van der Waals surface area contributed by atoms with Crippen LogP contribution in [0, 0.1) is 0 Å². The molecular formula is C21H26O. The zero-order valence-electron chi connectivity index (χ0n) is 13.6. The van der Waals surface area contributed by atoms with Gasteiger partial charge in [-0.15, -0.1) is 0 Å². The van der Waals surface area contributed by atoms with Crippen LogP contribution >= 0.6 is 0 Å². The molecule has 0 saturated carbocycles. The van der Waals surface area contributed by atoms with Gasteiger partial charge in [-0.25, -0.2) is 0 Å². The third-order valence-electron chi connectivity index (χ3n) is 3.75. The molecule has 0 bridgehead atoms. The van der Waals surface area contributed by atoms with E-state index in [1.165, 1.54) is 16.7 Å². The van der Waals surface area contributed by atoms with Crippen molar-refractivity contribution in [3.63, 3.8) is 0 Å². The van der Waals surface area contributed by atoms with E-state index in [1.54, 1.807) is 0 Å². The molecule has 1 nitrogen and oxygen atoms in total. The maximum Gasteiger partial charge on any atom is 0.0591 e. The van der Waals surface area contributed by atoms with Crippen molar-refractivity contribution < 1.29 is 5.11 Å². The number of hydrogen-bond acceptors (Lipinski definition) is 1. The molecule has 0 saturated heterocycles. The molecule has 2 rings (SSSR count). The predicted molar refractivity (Wildman–Crippen MR) is 95.7 cm³/mol. The van der Waals surface area contributed by atoms with Crippen molar-refractivity contribution in [3.8, 4) is 0 Å². The van der Waals surface area contributed by atoms with Crippen LogP contribution in [0.5, 0.6) is 0 Å². The van der Waals surface area contributed by atoms with Gasteiger partial charge in [-0.3, -0.25) is 0 Å². The third-order valence-corrected chi connectivity index (χ3v) is 3.75. The van der Waals surface area contributed by atoms with E-state index in [1.807, 2.05) is 19.9 Å². The van der Waals surface area contributed by atoms with Gasteiger partial charge in [-0.2, -0.15) is 0 Å². The molecule has 1 heteroatoms. The molecule has 0 aliphatic carbocycles. The van der Waals surface area contributed by atoms with Gasteiger partial charge >= 0.3 is 0 Å². The van der Waals surface area contributed by atoms with Gasteiger partial charge in [0.05, 0.1) is 5.60 Å². The van der Waals surface area contributed by atoms with E-state index in [-0.39, 0.29) is 0 Å². The van der Waals surface area contributed by atoms with Crippen LogP contribution < -0.4 is 0 Å². The largest absolute Gasteiger partial charge is 0.390 e. The zero-order valence-corrected chi connectivity index (χ0v) is 13.6. The molecule has 0 spiro atoms. The molecule has 0 aromatic heterocycles. The second-order valence-electron chi connectivity index (χ2n) is 6.51. The summed E-state index contributed by atoms with van der Waals surface area (Å²) in [7, 11) is 0. The van der Waals surface area contributed by atoms with Gasteiger partial charge in [0, 0.05) is 0 Å². The topological polar surface area (TPSA) is 20.2 Å². The Balaban J connectivity index is 1.82. The fourth-order valence-corrected chi connectivity index (χ4v) is 2.44. The molecule has 2 aromatic carbocycles. The number of aryl methyl sites for hydroxylation is 1. The Labute approximate surface area is 134 Å². The SMILES string of the molecule is CC(C)(O)CCCCc1ccc(C=Cc2ccccc2)cc1. The lowest BCUT2D eigenvalue weighted by Gasteiger charge is -2.16. The smallest absolute Gasteiger partial charge is 0.0591 e.